The molecule has 3 aromatic rings. The van der Waals surface area contributed by atoms with Crippen LogP contribution in [0.15, 0.2) is 42.7 Å². The summed E-state index contributed by atoms with van der Waals surface area (Å²) in [5, 5.41) is 0. The van der Waals surface area contributed by atoms with Gasteiger partial charge < -0.3 is 26.8 Å². The summed E-state index contributed by atoms with van der Waals surface area (Å²) in [7, 11) is 1.56. The minimum absolute atomic E-state index is 0.00316. The molecule has 1 aromatic carbocycles. The van der Waals surface area contributed by atoms with Crippen LogP contribution in [0.25, 0.3) is 11.3 Å². The number of carbonyl (C=O) groups excluding carboxylic acids is 1. The van der Waals surface area contributed by atoms with Gasteiger partial charge in [0, 0.05) is 54.8 Å². The number of aromatic nitrogens is 3. The number of pyridine rings is 1. The molecule has 3 heterocycles. The number of carbonyl (C=O) groups is 1. The highest BCUT2D eigenvalue weighted by Gasteiger charge is 2.23. The van der Waals surface area contributed by atoms with E-state index in [1.807, 2.05) is 24.3 Å². The van der Waals surface area contributed by atoms with E-state index in [2.05, 4.69) is 19.9 Å². The number of anilines is 3. The summed E-state index contributed by atoms with van der Waals surface area (Å²) < 4.78 is 5.41. The third-order valence-corrected chi connectivity index (χ3v) is 5.60. The Hall–Kier alpha value is -3.72. The van der Waals surface area contributed by atoms with Crippen LogP contribution >= 0.6 is 0 Å². The molecular formula is C23H27N7O2. The van der Waals surface area contributed by atoms with Crippen molar-refractivity contribution in [1.82, 2.24) is 15.0 Å². The fourth-order valence-electron chi connectivity index (χ4n) is 4.06. The fourth-order valence-corrected chi connectivity index (χ4v) is 4.06. The predicted octanol–water partition coefficient (Wildman–Crippen LogP) is 2.06. The molecular weight excluding hydrogens is 406 g/mol. The van der Waals surface area contributed by atoms with E-state index < -0.39 is 0 Å². The van der Waals surface area contributed by atoms with E-state index in [9.17, 15) is 4.79 Å². The minimum Gasteiger partial charge on any atom is -0.496 e. The third kappa shape index (κ3) is 4.33. The number of rotatable bonds is 6. The molecule has 9 nitrogen and oxygen atoms in total. The minimum atomic E-state index is -0.262. The average Bonchev–Trinajstić information content (AvgIpc) is 2.79. The molecule has 32 heavy (non-hydrogen) atoms. The van der Waals surface area contributed by atoms with Crippen LogP contribution in [0.2, 0.25) is 0 Å². The highest BCUT2D eigenvalue weighted by Crippen LogP contribution is 2.33. The Balaban J connectivity index is 1.67. The van der Waals surface area contributed by atoms with Crippen molar-refractivity contribution in [2.75, 3.05) is 36.6 Å². The van der Waals surface area contributed by atoms with E-state index in [0.717, 1.165) is 37.2 Å². The van der Waals surface area contributed by atoms with Crippen LogP contribution in [-0.2, 0) is 6.42 Å². The molecule has 166 valence electrons. The maximum atomic E-state index is 13.3. The predicted molar refractivity (Wildman–Crippen MR) is 125 cm³/mol. The van der Waals surface area contributed by atoms with Gasteiger partial charge in [-0.1, -0.05) is 12.1 Å². The van der Waals surface area contributed by atoms with Gasteiger partial charge in [0.2, 0.25) is 0 Å². The number of methoxy groups -OCH3 is 1. The summed E-state index contributed by atoms with van der Waals surface area (Å²) >= 11 is 0. The first-order valence-electron chi connectivity index (χ1n) is 10.5. The summed E-state index contributed by atoms with van der Waals surface area (Å²) in [5.41, 5.74) is 21.1. The number of piperidine rings is 1. The fraction of sp³-hybridized carbons (Fsp3) is 0.304. The Morgan fingerprint density at radius 3 is 2.78 bits per heavy atom. The van der Waals surface area contributed by atoms with E-state index in [0.29, 0.717) is 17.0 Å². The van der Waals surface area contributed by atoms with Crippen molar-refractivity contribution in [3.05, 3.63) is 54.0 Å². The van der Waals surface area contributed by atoms with Gasteiger partial charge in [-0.25, -0.2) is 9.97 Å². The number of ketones is 1. The molecule has 1 fully saturated rings. The highest BCUT2D eigenvalue weighted by atomic mass is 16.5. The van der Waals surface area contributed by atoms with Gasteiger partial charge in [0.25, 0.3) is 0 Å². The van der Waals surface area contributed by atoms with Gasteiger partial charge in [0.1, 0.15) is 17.1 Å². The first-order valence-corrected chi connectivity index (χ1v) is 10.5. The molecule has 0 bridgehead atoms. The lowest BCUT2D eigenvalue weighted by molar-refractivity contribution is 0.0989. The number of nitrogens with two attached hydrogens (primary N) is 3. The van der Waals surface area contributed by atoms with Gasteiger partial charge in [-0.05, 0) is 31.0 Å². The lowest BCUT2D eigenvalue weighted by Gasteiger charge is -2.33. The van der Waals surface area contributed by atoms with Crippen molar-refractivity contribution in [1.29, 1.82) is 0 Å². The molecule has 1 unspecified atom stereocenters. The summed E-state index contributed by atoms with van der Waals surface area (Å²) in [5.74, 6) is 0.443. The van der Waals surface area contributed by atoms with Gasteiger partial charge in [-0.15, -0.1) is 0 Å². The van der Waals surface area contributed by atoms with Crippen LogP contribution in [0.5, 0.6) is 5.75 Å². The molecule has 0 radical (unpaired) electrons. The Morgan fingerprint density at radius 1 is 1.19 bits per heavy atom. The second-order valence-corrected chi connectivity index (χ2v) is 7.84. The summed E-state index contributed by atoms with van der Waals surface area (Å²) in [6.07, 6.45) is 5.52. The van der Waals surface area contributed by atoms with Crippen LogP contribution < -0.4 is 26.8 Å². The summed E-state index contributed by atoms with van der Waals surface area (Å²) in [6.45, 7) is 1.63. The van der Waals surface area contributed by atoms with Gasteiger partial charge in [-0.3, -0.25) is 9.78 Å². The quantitative estimate of drug-likeness (QED) is 0.497. The Bertz CT molecular complexity index is 1140. The van der Waals surface area contributed by atoms with E-state index >= 15 is 0 Å². The summed E-state index contributed by atoms with van der Waals surface area (Å²) in [4.78, 5) is 28.4. The number of Topliss-reactive ketones (excluding diaryl/α,β-unsaturated/α-hetero) is 1. The van der Waals surface area contributed by atoms with Gasteiger partial charge in [0.15, 0.2) is 17.4 Å². The Kier molecular flexibility index (Phi) is 6.18. The van der Waals surface area contributed by atoms with Crippen LogP contribution in [0.3, 0.4) is 0 Å². The Labute approximate surface area is 186 Å². The molecule has 1 atom stereocenters. The van der Waals surface area contributed by atoms with Crippen LogP contribution in [-0.4, -0.2) is 47.0 Å². The number of nitrogens with zero attached hydrogens (tertiary/aromatic N) is 4. The maximum Gasteiger partial charge on any atom is 0.189 e. The van der Waals surface area contributed by atoms with Gasteiger partial charge in [-0.2, -0.15) is 0 Å². The van der Waals surface area contributed by atoms with E-state index in [4.69, 9.17) is 21.9 Å². The zero-order valence-electron chi connectivity index (χ0n) is 18.0. The molecule has 1 aliphatic heterocycles. The van der Waals surface area contributed by atoms with Crippen molar-refractivity contribution in [2.24, 2.45) is 5.73 Å². The van der Waals surface area contributed by atoms with Crippen molar-refractivity contribution in [3.63, 3.8) is 0 Å². The molecule has 2 aromatic heterocycles. The number of hydrogen-bond acceptors (Lipinski definition) is 9. The smallest absolute Gasteiger partial charge is 0.189 e. The number of ether oxygens (including phenoxy) is 1. The number of hydrogen-bond donors (Lipinski definition) is 3. The lowest BCUT2D eigenvalue weighted by Crippen LogP contribution is -2.43. The second kappa shape index (κ2) is 9.19. The molecule has 4 rings (SSSR count). The zero-order valence-corrected chi connectivity index (χ0v) is 18.0. The summed E-state index contributed by atoms with van der Waals surface area (Å²) in [6, 6.07) is 9.30. The molecule has 0 amide bonds. The monoisotopic (exact) mass is 433 g/mol. The number of para-hydroxylation sites is 1. The van der Waals surface area contributed by atoms with Crippen LogP contribution in [0.4, 0.5) is 17.3 Å². The molecule has 0 spiro atoms. The largest absolute Gasteiger partial charge is 0.496 e. The topological polar surface area (TPSA) is 146 Å². The van der Waals surface area contributed by atoms with Crippen molar-refractivity contribution < 1.29 is 9.53 Å². The molecule has 1 saturated heterocycles. The van der Waals surface area contributed by atoms with Crippen LogP contribution in [0.1, 0.15) is 28.9 Å². The first kappa shape index (κ1) is 21.5. The third-order valence-electron chi connectivity index (χ3n) is 5.60. The lowest BCUT2D eigenvalue weighted by atomic mass is 10.0. The van der Waals surface area contributed by atoms with Gasteiger partial charge >= 0.3 is 0 Å². The van der Waals surface area contributed by atoms with Crippen molar-refractivity contribution >= 4 is 23.1 Å². The first-order chi connectivity index (χ1) is 15.5. The Morgan fingerprint density at radius 2 is 2.00 bits per heavy atom. The van der Waals surface area contributed by atoms with Crippen molar-refractivity contribution in [3.8, 4) is 17.0 Å². The average molecular weight is 434 g/mol. The normalized spacial score (nSPS) is 16.1. The van der Waals surface area contributed by atoms with Crippen LogP contribution in [0, 0.1) is 0 Å². The molecule has 6 N–H and O–H groups in total. The van der Waals surface area contributed by atoms with Gasteiger partial charge in [0.05, 0.1) is 7.11 Å². The van der Waals surface area contributed by atoms with E-state index in [1.54, 1.807) is 25.6 Å². The molecule has 0 aliphatic carbocycles. The number of benzene rings is 1. The van der Waals surface area contributed by atoms with E-state index in [-0.39, 0.29) is 35.6 Å². The zero-order chi connectivity index (χ0) is 22.7. The molecule has 1 aliphatic rings. The van der Waals surface area contributed by atoms with E-state index in [1.165, 1.54) is 0 Å². The molecule has 9 heteroatoms. The number of nitrogen functional groups attached to an aromatic ring is 2. The molecule has 0 saturated carbocycles. The SMILES string of the molecule is COc1ccccc1-c1nc(C(=O)Cc2cnccc2N2CCCC(N)C2)c(N)nc1N. The van der Waals surface area contributed by atoms with Crippen molar-refractivity contribution in [2.45, 2.75) is 25.3 Å². The standard InChI is InChI=1S/C23H27N7O2/c1-32-19-7-3-2-6-16(19)20-22(25)29-23(26)21(28-20)18(31)11-14-12-27-9-8-17(14)30-10-4-5-15(24)13-30/h2-3,6-9,12,15H,4-5,10-11,13,24H2,1H3,(H4,25,26,29). The second-order valence-electron chi connectivity index (χ2n) is 7.84. The highest BCUT2D eigenvalue weighted by molar-refractivity contribution is 6.01. The maximum absolute atomic E-state index is 13.3.